The Hall–Kier alpha value is -1.59. The molecule has 2 fully saturated rings. The average Bonchev–Trinajstić information content (AvgIpc) is 2.93. The van der Waals surface area contributed by atoms with Crippen molar-refractivity contribution in [1.82, 2.24) is 9.80 Å². The summed E-state index contributed by atoms with van der Waals surface area (Å²) >= 11 is 5.93. The van der Waals surface area contributed by atoms with Crippen molar-refractivity contribution in [2.24, 2.45) is 5.41 Å². The Bertz CT molecular complexity index is 650. The van der Waals surface area contributed by atoms with E-state index in [9.17, 15) is 9.59 Å². The highest BCUT2D eigenvalue weighted by Crippen LogP contribution is 2.41. The Morgan fingerprint density at radius 3 is 2.50 bits per heavy atom. The molecule has 0 aromatic heterocycles. The van der Waals surface area contributed by atoms with E-state index in [0.717, 1.165) is 24.9 Å². The zero-order valence-electron chi connectivity index (χ0n) is 15.5. The molecule has 1 spiro atoms. The van der Waals surface area contributed by atoms with Gasteiger partial charge in [-0.15, -0.1) is 0 Å². The monoisotopic (exact) mass is 378 g/mol. The van der Waals surface area contributed by atoms with Crippen molar-refractivity contribution in [2.45, 2.75) is 45.3 Å². The van der Waals surface area contributed by atoms with Crippen molar-refractivity contribution in [3.63, 3.8) is 0 Å². The topological polar surface area (TPSA) is 49.9 Å². The van der Waals surface area contributed by atoms with Crippen LogP contribution in [0.5, 0.6) is 0 Å². The molecule has 2 aliphatic rings. The molecular weight excluding hydrogens is 352 g/mol. The molecule has 6 heteroatoms. The smallest absolute Gasteiger partial charge is 0.251 e. The zero-order valence-corrected chi connectivity index (χ0v) is 16.3. The van der Waals surface area contributed by atoms with Crippen LogP contribution in [0.1, 0.15) is 38.2 Å². The van der Waals surface area contributed by atoms with Crippen LogP contribution in [0.4, 0.5) is 0 Å². The maximum atomic E-state index is 12.5. The number of methoxy groups -OCH3 is 1. The van der Waals surface area contributed by atoms with Crippen LogP contribution in [0.2, 0.25) is 5.02 Å². The van der Waals surface area contributed by atoms with Gasteiger partial charge in [0.15, 0.2) is 0 Å². The summed E-state index contributed by atoms with van der Waals surface area (Å²) in [6.45, 7) is 4.78. The van der Waals surface area contributed by atoms with E-state index in [0.29, 0.717) is 37.5 Å². The Balaban J connectivity index is 1.58. The summed E-state index contributed by atoms with van der Waals surface area (Å²) in [5, 5.41) is 0.705. The number of carbonyl (C=O) groups excluding carboxylic acids is 2. The van der Waals surface area contributed by atoms with Gasteiger partial charge in [-0.1, -0.05) is 30.7 Å². The number of ether oxygens (including phenoxy) is 1. The van der Waals surface area contributed by atoms with E-state index in [2.05, 4.69) is 0 Å². The molecular formula is C20H27ClN2O3. The normalized spacial score (nSPS) is 20.7. The van der Waals surface area contributed by atoms with Crippen LogP contribution in [-0.4, -0.2) is 54.5 Å². The highest BCUT2D eigenvalue weighted by atomic mass is 35.5. The van der Waals surface area contributed by atoms with Crippen molar-refractivity contribution in [3.8, 4) is 0 Å². The van der Waals surface area contributed by atoms with Crippen LogP contribution in [-0.2, 0) is 20.9 Å². The molecule has 0 bridgehead atoms. The minimum atomic E-state index is -0.351. The lowest BCUT2D eigenvalue weighted by molar-refractivity contribution is -0.144. The SMILES string of the molecule is CC[C@H](OC)C(=O)N1CCC2(CC1)CC(=O)N(Cc1ccc(Cl)cc1)C2. The summed E-state index contributed by atoms with van der Waals surface area (Å²) in [5.74, 6) is 0.287. The third-order valence-corrected chi connectivity index (χ3v) is 6.01. The van der Waals surface area contributed by atoms with E-state index in [4.69, 9.17) is 16.3 Å². The van der Waals surface area contributed by atoms with Gasteiger partial charge in [0.2, 0.25) is 5.91 Å². The first-order valence-electron chi connectivity index (χ1n) is 9.30. The van der Waals surface area contributed by atoms with Gasteiger partial charge < -0.3 is 14.5 Å². The molecule has 1 atom stereocenters. The second-order valence-corrected chi connectivity index (χ2v) is 7.95. The minimum absolute atomic E-state index is 0.00900. The summed E-state index contributed by atoms with van der Waals surface area (Å²) in [6, 6.07) is 7.66. The molecule has 2 heterocycles. The molecule has 0 radical (unpaired) electrons. The molecule has 2 amide bonds. The minimum Gasteiger partial charge on any atom is -0.372 e. The number of hydrogen-bond donors (Lipinski definition) is 0. The zero-order chi connectivity index (χ0) is 18.7. The first kappa shape index (κ1) is 19.2. The predicted octanol–water partition coefficient (Wildman–Crippen LogP) is 3.11. The molecule has 0 aliphatic carbocycles. The van der Waals surface area contributed by atoms with E-state index in [-0.39, 0.29) is 23.3 Å². The third kappa shape index (κ3) is 4.04. The lowest BCUT2D eigenvalue weighted by atomic mass is 9.77. The van der Waals surface area contributed by atoms with Gasteiger partial charge in [0.25, 0.3) is 5.91 Å². The fourth-order valence-electron chi connectivity index (χ4n) is 4.12. The first-order chi connectivity index (χ1) is 12.5. The molecule has 26 heavy (non-hydrogen) atoms. The largest absolute Gasteiger partial charge is 0.372 e. The number of nitrogens with zero attached hydrogens (tertiary/aromatic N) is 2. The highest BCUT2D eigenvalue weighted by molar-refractivity contribution is 6.30. The molecule has 2 aliphatic heterocycles. The third-order valence-electron chi connectivity index (χ3n) is 5.76. The molecule has 1 aromatic rings. The number of carbonyl (C=O) groups is 2. The van der Waals surface area contributed by atoms with Crippen molar-refractivity contribution in [3.05, 3.63) is 34.9 Å². The van der Waals surface area contributed by atoms with Crippen LogP contribution in [0.3, 0.4) is 0 Å². The molecule has 5 nitrogen and oxygen atoms in total. The second kappa shape index (κ2) is 7.97. The van der Waals surface area contributed by atoms with Gasteiger partial charge in [0.05, 0.1) is 0 Å². The molecule has 2 saturated heterocycles. The summed E-state index contributed by atoms with van der Waals surface area (Å²) in [6.07, 6.45) is 2.67. The Morgan fingerprint density at radius 2 is 1.92 bits per heavy atom. The summed E-state index contributed by atoms with van der Waals surface area (Å²) in [5.41, 5.74) is 1.10. The molecule has 0 N–H and O–H groups in total. The van der Waals surface area contributed by atoms with Gasteiger partial charge in [-0.3, -0.25) is 9.59 Å². The van der Waals surface area contributed by atoms with Crippen molar-refractivity contribution >= 4 is 23.4 Å². The summed E-state index contributed by atoms with van der Waals surface area (Å²) in [7, 11) is 1.59. The Morgan fingerprint density at radius 1 is 1.27 bits per heavy atom. The van der Waals surface area contributed by atoms with Gasteiger partial charge in [-0.25, -0.2) is 0 Å². The van der Waals surface area contributed by atoms with Crippen molar-refractivity contribution in [1.29, 1.82) is 0 Å². The van der Waals surface area contributed by atoms with Gasteiger partial charge in [0.1, 0.15) is 6.10 Å². The van der Waals surface area contributed by atoms with Crippen LogP contribution in [0.25, 0.3) is 0 Å². The van der Waals surface area contributed by atoms with Crippen LogP contribution in [0, 0.1) is 5.41 Å². The second-order valence-electron chi connectivity index (χ2n) is 7.51. The van der Waals surface area contributed by atoms with Crippen LogP contribution >= 0.6 is 11.6 Å². The van der Waals surface area contributed by atoms with E-state index in [1.54, 1.807) is 7.11 Å². The van der Waals surface area contributed by atoms with E-state index < -0.39 is 0 Å². The van der Waals surface area contributed by atoms with E-state index >= 15 is 0 Å². The predicted molar refractivity (Wildman–Crippen MR) is 101 cm³/mol. The number of benzene rings is 1. The summed E-state index contributed by atoms with van der Waals surface area (Å²) < 4.78 is 5.28. The summed E-state index contributed by atoms with van der Waals surface area (Å²) in [4.78, 5) is 28.9. The number of amides is 2. The van der Waals surface area contributed by atoms with Crippen molar-refractivity contribution in [2.75, 3.05) is 26.7 Å². The quantitative estimate of drug-likeness (QED) is 0.791. The lowest BCUT2D eigenvalue weighted by Crippen LogP contribution is -2.48. The molecule has 3 rings (SSSR count). The molecule has 0 saturated carbocycles. The van der Waals surface area contributed by atoms with Crippen LogP contribution < -0.4 is 0 Å². The molecule has 0 unspecified atom stereocenters. The van der Waals surface area contributed by atoms with Gasteiger partial charge in [-0.2, -0.15) is 0 Å². The maximum absolute atomic E-state index is 12.5. The number of rotatable bonds is 5. The molecule has 142 valence electrons. The number of piperidine rings is 1. The van der Waals surface area contributed by atoms with Crippen molar-refractivity contribution < 1.29 is 14.3 Å². The fraction of sp³-hybridized carbons (Fsp3) is 0.600. The van der Waals surface area contributed by atoms with Gasteiger partial charge >= 0.3 is 0 Å². The van der Waals surface area contributed by atoms with Gasteiger partial charge in [-0.05, 0) is 37.0 Å². The Labute approximate surface area is 160 Å². The Kier molecular flexibility index (Phi) is 5.88. The van der Waals surface area contributed by atoms with E-state index in [1.807, 2.05) is 41.0 Å². The van der Waals surface area contributed by atoms with Gasteiger partial charge in [0, 0.05) is 50.1 Å². The fourth-order valence-corrected chi connectivity index (χ4v) is 4.24. The first-order valence-corrected chi connectivity index (χ1v) is 9.68. The van der Waals surface area contributed by atoms with E-state index in [1.165, 1.54) is 0 Å². The molecule has 1 aromatic carbocycles. The number of hydrogen-bond acceptors (Lipinski definition) is 3. The van der Waals surface area contributed by atoms with Crippen LogP contribution in [0.15, 0.2) is 24.3 Å². The highest BCUT2D eigenvalue weighted by Gasteiger charge is 2.45. The standard InChI is InChI=1S/C20H27ClN2O3/c1-3-17(26-2)19(25)22-10-8-20(9-11-22)12-18(24)23(14-20)13-15-4-6-16(21)7-5-15/h4-7,17H,3,8-14H2,1-2H3/t17-/m0/s1. The number of likely N-dealkylation sites (tertiary alicyclic amines) is 2. The average molecular weight is 379 g/mol. The maximum Gasteiger partial charge on any atom is 0.251 e. The number of halogens is 1. The lowest BCUT2D eigenvalue weighted by Gasteiger charge is -2.39.